The molecule has 1 aromatic rings. The predicted octanol–water partition coefficient (Wildman–Crippen LogP) is 1.42. The van der Waals surface area contributed by atoms with Gasteiger partial charge in [0.2, 0.25) is 12.1 Å². The molecule has 13 heteroatoms. The normalized spacial score (nSPS) is 22.7. The van der Waals surface area contributed by atoms with Gasteiger partial charge in [-0.2, -0.15) is 0 Å². The minimum Gasteiger partial charge on any atom is -0.480 e. The molecule has 0 aliphatic heterocycles. The van der Waals surface area contributed by atoms with E-state index in [0.717, 1.165) is 0 Å². The van der Waals surface area contributed by atoms with E-state index in [4.69, 9.17) is 4.74 Å². The van der Waals surface area contributed by atoms with Gasteiger partial charge in [-0.3, -0.25) is 20.2 Å². The molecule has 166 valence electrons. The molecular weight excluding hydrogens is 402 g/mol. The van der Waals surface area contributed by atoms with Crippen molar-refractivity contribution in [3.63, 3.8) is 0 Å². The molecule has 1 aliphatic rings. The smallest absolute Gasteiger partial charge is 0.408 e. The van der Waals surface area contributed by atoms with Gasteiger partial charge in [-0.15, -0.1) is 0 Å². The molecule has 4 unspecified atom stereocenters. The highest BCUT2D eigenvalue weighted by molar-refractivity contribution is 5.80. The average Bonchev–Trinajstić information content (AvgIpc) is 3.07. The van der Waals surface area contributed by atoms with Crippen molar-refractivity contribution in [1.29, 1.82) is 0 Å². The monoisotopic (exact) mass is 427 g/mol. The highest BCUT2D eigenvalue weighted by Gasteiger charge is 2.44. The topological polar surface area (TPSA) is 180 Å². The van der Waals surface area contributed by atoms with Crippen LogP contribution in [0.25, 0.3) is 0 Å². The van der Waals surface area contributed by atoms with Crippen molar-refractivity contribution in [2.24, 2.45) is 0 Å². The van der Waals surface area contributed by atoms with Crippen molar-refractivity contribution >= 4 is 12.1 Å². The van der Waals surface area contributed by atoms with Crippen molar-refractivity contribution in [3.05, 3.63) is 38.4 Å². The van der Waals surface area contributed by atoms with Gasteiger partial charge in [0.15, 0.2) is 0 Å². The number of nitro groups is 2. The molecule has 2 N–H and O–H groups in total. The summed E-state index contributed by atoms with van der Waals surface area (Å²) in [7, 11) is 0. The number of aliphatic carboxylic acids is 1. The zero-order valence-corrected chi connectivity index (χ0v) is 16.9. The summed E-state index contributed by atoms with van der Waals surface area (Å²) in [6, 6.07) is -4.04. The summed E-state index contributed by atoms with van der Waals surface area (Å²) < 4.78 is 6.55. The Bertz CT molecular complexity index is 817. The van der Waals surface area contributed by atoms with Gasteiger partial charge in [-0.05, 0) is 27.2 Å². The number of carboxylic acid groups (broad SMARTS) is 1. The number of carboxylic acids is 1. The molecule has 30 heavy (non-hydrogen) atoms. The molecule has 13 nitrogen and oxygen atoms in total. The largest absolute Gasteiger partial charge is 0.480 e. The molecule has 0 saturated heterocycles. The summed E-state index contributed by atoms with van der Waals surface area (Å²) in [5.74, 6) is -1.29. The van der Waals surface area contributed by atoms with Crippen LogP contribution in [0.15, 0.2) is 12.5 Å². The quantitative estimate of drug-likeness (QED) is 0.480. The Kier molecular flexibility index (Phi) is 6.95. The van der Waals surface area contributed by atoms with Crippen LogP contribution >= 0.6 is 0 Å². The Morgan fingerprint density at radius 1 is 1.33 bits per heavy atom. The Hall–Kier alpha value is -3.25. The van der Waals surface area contributed by atoms with Crippen LogP contribution in [-0.2, 0) is 16.0 Å². The summed E-state index contributed by atoms with van der Waals surface area (Å²) in [6.45, 7) is 4.93. The maximum atomic E-state index is 11.9. The number of imidazole rings is 1. The van der Waals surface area contributed by atoms with Crippen molar-refractivity contribution in [2.75, 3.05) is 0 Å². The third kappa shape index (κ3) is 6.12. The van der Waals surface area contributed by atoms with E-state index in [1.54, 1.807) is 20.8 Å². The van der Waals surface area contributed by atoms with Gasteiger partial charge in [-0.25, -0.2) is 14.6 Å². The van der Waals surface area contributed by atoms with Crippen LogP contribution in [0.1, 0.15) is 51.8 Å². The van der Waals surface area contributed by atoms with Crippen molar-refractivity contribution in [1.82, 2.24) is 14.9 Å². The second-order valence-electron chi connectivity index (χ2n) is 8.23. The van der Waals surface area contributed by atoms with Crippen molar-refractivity contribution in [3.8, 4) is 0 Å². The predicted molar refractivity (Wildman–Crippen MR) is 101 cm³/mol. The number of nitrogens with zero attached hydrogens (tertiary/aromatic N) is 4. The average molecular weight is 427 g/mol. The Morgan fingerprint density at radius 3 is 2.53 bits per heavy atom. The zero-order valence-electron chi connectivity index (χ0n) is 16.9. The van der Waals surface area contributed by atoms with Gasteiger partial charge in [-0.1, -0.05) is 0 Å². The highest BCUT2D eigenvalue weighted by Crippen LogP contribution is 2.32. The van der Waals surface area contributed by atoms with Crippen LogP contribution in [0.3, 0.4) is 0 Å². The number of rotatable bonds is 7. The van der Waals surface area contributed by atoms with E-state index in [0.29, 0.717) is 5.69 Å². The van der Waals surface area contributed by atoms with E-state index in [1.165, 1.54) is 17.1 Å². The lowest BCUT2D eigenvalue weighted by molar-refractivity contribution is -0.572. The van der Waals surface area contributed by atoms with Gasteiger partial charge in [0.1, 0.15) is 17.7 Å². The fourth-order valence-electron chi connectivity index (χ4n) is 3.40. The lowest BCUT2D eigenvalue weighted by Crippen LogP contribution is -2.44. The number of ether oxygens (including phenoxy) is 1. The second-order valence-corrected chi connectivity index (χ2v) is 8.23. The summed E-state index contributed by atoms with van der Waals surface area (Å²) >= 11 is 0. The third-order valence-corrected chi connectivity index (χ3v) is 4.76. The first-order valence-electron chi connectivity index (χ1n) is 9.39. The number of nitrogens with one attached hydrogen (secondary N) is 1. The molecule has 4 atom stereocenters. The molecule has 2 rings (SSSR count). The lowest BCUT2D eigenvalue weighted by atomic mass is 9.87. The summed E-state index contributed by atoms with van der Waals surface area (Å²) in [4.78, 5) is 48.9. The molecule has 1 aliphatic carbocycles. The SMILES string of the molecule is CC(C)(C)OC(=O)NC(Cc1cn(C2CCC([N+](=O)[O-])CC2[N+](=O)[O-])cn1)C(=O)O. The van der Waals surface area contributed by atoms with Crippen LogP contribution in [0.4, 0.5) is 4.79 Å². The maximum absolute atomic E-state index is 11.9. The van der Waals surface area contributed by atoms with Crippen LogP contribution in [0.2, 0.25) is 0 Å². The van der Waals surface area contributed by atoms with E-state index in [1.807, 2.05) is 0 Å². The van der Waals surface area contributed by atoms with Crippen LogP contribution < -0.4 is 5.32 Å². The number of carbonyl (C=O) groups excluding carboxylic acids is 1. The van der Waals surface area contributed by atoms with Crippen LogP contribution in [0.5, 0.6) is 0 Å². The standard InChI is InChI=1S/C17H25N5O8/c1-17(2,3)30-16(25)19-12(15(23)24)6-10-8-20(9-18-10)13-5-4-11(21(26)27)7-14(13)22(28)29/h8-9,11-14H,4-7H2,1-3H3,(H,19,25)(H,23,24). The molecule has 1 amide bonds. The first kappa shape index (κ1) is 23.0. The Balaban J connectivity index is 2.10. The number of amides is 1. The third-order valence-electron chi connectivity index (χ3n) is 4.76. The fraction of sp³-hybridized carbons (Fsp3) is 0.706. The first-order valence-corrected chi connectivity index (χ1v) is 9.39. The first-order chi connectivity index (χ1) is 13.9. The molecule has 1 heterocycles. The Morgan fingerprint density at radius 2 is 2.00 bits per heavy atom. The summed E-state index contributed by atoms with van der Waals surface area (Å²) in [5.41, 5.74) is -0.494. The number of carbonyl (C=O) groups is 2. The molecule has 0 radical (unpaired) electrons. The van der Waals surface area contributed by atoms with Gasteiger partial charge in [0, 0.05) is 28.9 Å². The summed E-state index contributed by atoms with van der Waals surface area (Å²) in [6.07, 6.45) is 2.01. The molecule has 0 bridgehead atoms. The number of alkyl carbamates (subject to hydrolysis) is 1. The summed E-state index contributed by atoms with van der Waals surface area (Å²) in [5, 5.41) is 34.1. The number of hydrogen-bond donors (Lipinski definition) is 2. The van der Waals surface area contributed by atoms with Gasteiger partial charge in [0.25, 0.3) is 0 Å². The Labute approximate surface area is 171 Å². The van der Waals surface area contributed by atoms with E-state index in [-0.39, 0.29) is 25.7 Å². The minimum absolute atomic E-state index is 0.158. The molecule has 1 saturated carbocycles. The highest BCUT2D eigenvalue weighted by atomic mass is 16.6. The second kappa shape index (κ2) is 9.05. The number of hydrogen-bond acceptors (Lipinski definition) is 8. The van der Waals surface area contributed by atoms with E-state index in [9.17, 15) is 34.9 Å². The van der Waals surface area contributed by atoms with Crippen molar-refractivity contribution < 1.29 is 29.3 Å². The number of aromatic nitrogens is 2. The van der Waals surface area contributed by atoms with Gasteiger partial charge >= 0.3 is 12.1 Å². The van der Waals surface area contributed by atoms with Gasteiger partial charge in [0.05, 0.1) is 18.4 Å². The minimum atomic E-state index is -1.31. The maximum Gasteiger partial charge on any atom is 0.408 e. The zero-order chi connectivity index (χ0) is 22.6. The molecule has 0 spiro atoms. The lowest BCUT2D eigenvalue weighted by Gasteiger charge is -2.27. The van der Waals surface area contributed by atoms with Crippen LogP contribution in [0, 0.1) is 20.2 Å². The molecular formula is C17H25N5O8. The molecule has 1 aromatic heterocycles. The molecule has 0 aromatic carbocycles. The van der Waals surface area contributed by atoms with Crippen LogP contribution in [-0.4, -0.2) is 60.3 Å². The van der Waals surface area contributed by atoms with E-state index >= 15 is 0 Å². The van der Waals surface area contributed by atoms with E-state index < -0.39 is 51.7 Å². The van der Waals surface area contributed by atoms with Crippen molar-refractivity contribution in [2.45, 2.75) is 76.2 Å². The van der Waals surface area contributed by atoms with Gasteiger partial charge < -0.3 is 19.7 Å². The van der Waals surface area contributed by atoms with E-state index in [2.05, 4.69) is 10.3 Å². The fourth-order valence-corrected chi connectivity index (χ4v) is 3.40. The molecule has 1 fully saturated rings.